The van der Waals surface area contributed by atoms with E-state index in [0.717, 1.165) is 44.3 Å². The minimum Gasteiger partial charge on any atom is -0.339 e. The minimum atomic E-state index is -0.205. The Morgan fingerprint density at radius 1 is 1.08 bits per heavy atom. The SMILES string of the molecule is Cc1cccc(C(=O)N2CCCC2)c1NC(=O)NC1CCCCC1C. The van der Waals surface area contributed by atoms with Crippen molar-refractivity contribution in [2.75, 3.05) is 18.4 Å². The molecule has 5 nitrogen and oxygen atoms in total. The van der Waals surface area contributed by atoms with Gasteiger partial charge in [0.05, 0.1) is 11.3 Å². The summed E-state index contributed by atoms with van der Waals surface area (Å²) in [6, 6.07) is 5.64. The molecule has 25 heavy (non-hydrogen) atoms. The zero-order valence-electron chi connectivity index (χ0n) is 15.3. The number of carbonyl (C=O) groups is 2. The van der Waals surface area contributed by atoms with Gasteiger partial charge in [0, 0.05) is 19.1 Å². The van der Waals surface area contributed by atoms with E-state index in [4.69, 9.17) is 0 Å². The van der Waals surface area contributed by atoms with Gasteiger partial charge in [-0.15, -0.1) is 0 Å². The molecule has 1 aliphatic heterocycles. The van der Waals surface area contributed by atoms with Gasteiger partial charge in [0.2, 0.25) is 0 Å². The van der Waals surface area contributed by atoms with Crippen molar-refractivity contribution in [1.82, 2.24) is 10.2 Å². The van der Waals surface area contributed by atoms with Crippen LogP contribution in [0, 0.1) is 12.8 Å². The lowest BCUT2D eigenvalue weighted by Crippen LogP contribution is -2.43. The minimum absolute atomic E-state index is 0.0162. The molecular weight excluding hydrogens is 314 g/mol. The fourth-order valence-electron chi connectivity index (χ4n) is 3.95. The molecule has 0 aromatic heterocycles. The first-order valence-corrected chi connectivity index (χ1v) is 9.52. The van der Waals surface area contributed by atoms with Gasteiger partial charge >= 0.3 is 6.03 Å². The van der Waals surface area contributed by atoms with E-state index >= 15 is 0 Å². The number of benzene rings is 1. The number of para-hydroxylation sites is 1. The number of amides is 3. The van der Waals surface area contributed by atoms with Crippen LogP contribution in [0.4, 0.5) is 10.5 Å². The number of hydrogen-bond acceptors (Lipinski definition) is 2. The van der Waals surface area contributed by atoms with E-state index in [1.54, 1.807) is 0 Å². The normalized spacial score (nSPS) is 23.4. The maximum Gasteiger partial charge on any atom is 0.319 e. The predicted octanol–water partition coefficient (Wildman–Crippen LogP) is 3.93. The number of anilines is 1. The summed E-state index contributed by atoms with van der Waals surface area (Å²) in [7, 11) is 0. The van der Waals surface area contributed by atoms with Crippen LogP contribution in [0.25, 0.3) is 0 Å². The first kappa shape index (κ1) is 17.8. The molecule has 1 saturated carbocycles. The molecule has 2 fully saturated rings. The number of hydrogen-bond donors (Lipinski definition) is 2. The van der Waals surface area contributed by atoms with Gasteiger partial charge in [0.1, 0.15) is 0 Å². The molecule has 5 heteroatoms. The van der Waals surface area contributed by atoms with Crippen LogP contribution in [0.1, 0.15) is 61.4 Å². The number of aryl methyl sites for hydroxylation is 1. The second kappa shape index (κ2) is 7.89. The summed E-state index contributed by atoms with van der Waals surface area (Å²) in [5.74, 6) is 0.518. The van der Waals surface area contributed by atoms with Crippen molar-refractivity contribution in [2.24, 2.45) is 5.92 Å². The van der Waals surface area contributed by atoms with Crippen LogP contribution in [-0.4, -0.2) is 36.0 Å². The zero-order valence-corrected chi connectivity index (χ0v) is 15.3. The Labute approximate surface area is 150 Å². The molecule has 1 saturated heterocycles. The van der Waals surface area contributed by atoms with Crippen molar-refractivity contribution in [1.29, 1.82) is 0 Å². The van der Waals surface area contributed by atoms with Crippen LogP contribution in [0.2, 0.25) is 0 Å². The molecule has 1 aliphatic carbocycles. The highest BCUT2D eigenvalue weighted by Gasteiger charge is 2.25. The van der Waals surface area contributed by atoms with Crippen LogP contribution >= 0.6 is 0 Å². The third-order valence-electron chi connectivity index (χ3n) is 5.56. The lowest BCUT2D eigenvalue weighted by molar-refractivity contribution is 0.0794. The predicted molar refractivity (Wildman–Crippen MR) is 99.9 cm³/mol. The molecule has 2 unspecified atom stereocenters. The van der Waals surface area contributed by atoms with Crippen molar-refractivity contribution >= 4 is 17.6 Å². The Morgan fingerprint density at radius 3 is 2.52 bits per heavy atom. The van der Waals surface area contributed by atoms with Crippen LogP contribution in [0.5, 0.6) is 0 Å². The second-order valence-electron chi connectivity index (χ2n) is 7.46. The van der Waals surface area contributed by atoms with Crippen LogP contribution in [0.3, 0.4) is 0 Å². The molecule has 136 valence electrons. The summed E-state index contributed by atoms with van der Waals surface area (Å²) in [5, 5.41) is 6.06. The number of likely N-dealkylation sites (tertiary alicyclic amines) is 1. The molecule has 3 amide bonds. The second-order valence-corrected chi connectivity index (χ2v) is 7.46. The first-order valence-electron chi connectivity index (χ1n) is 9.52. The summed E-state index contributed by atoms with van der Waals surface area (Å²) in [6.07, 6.45) is 6.71. The zero-order chi connectivity index (χ0) is 17.8. The van der Waals surface area contributed by atoms with E-state index in [1.807, 2.05) is 30.0 Å². The van der Waals surface area contributed by atoms with Crippen molar-refractivity contribution in [3.8, 4) is 0 Å². The summed E-state index contributed by atoms with van der Waals surface area (Å²) in [6.45, 7) is 5.73. The van der Waals surface area contributed by atoms with Crippen LogP contribution in [-0.2, 0) is 0 Å². The maximum absolute atomic E-state index is 12.8. The topological polar surface area (TPSA) is 61.4 Å². The van der Waals surface area contributed by atoms with Crippen LogP contribution in [0.15, 0.2) is 18.2 Å². The van der Waals surface area contributed by atoms with Gasteiger partial charge in [-0.2, -0.15) is 0 Å². The highest BCUT2D eigenvalue weighted by Crippen LogP contribution is 2.26. The number of nitrogens with zero attached hydrogens (tertiary/aromatic N) is 1. The molecule has 0 radical (unpaired) electrons. The van der Waals surface area contributed by atoms with E-state index in [9.17, 15) is 9.59 Å². The Hall–Kier alpha value is -2.04. The molecule has 2 aliphatic rings. The number of carbonyl (C=O) groups excluding carboxylic acids is 2. The Kier molecular flexibility index (Phi) is 5.61. The van der Waals surface area contributed by atoms with E-state index in [1.165, 1.54) is 12.8 Å². The molecular formula is C20H29N3O2. The number of nitrogens with one attached hydrogen (secondary N) is 2. The maximum atomic E-state index is 12.8. The summed E-state index contributed by atoms with van der Waals surface area (Å²) in [4.78, 5) is 27.2. The smallest absolute Gasteiger partial charge is 0.319 e. The van der Waals surface area contributed by atoms with Crippen molar-refractivity contribution in [2.45, 2.75) is 58.4 Å². The molecule has 1 aromatic rings. The van der Waals surface area contributed by atoms with Gasteiger partial charge in [-0.3, -0.25) is 4.79 Å². The number of urea groups is 1. The summed E-state index contributed by atoms with van der Waals surface area (Å²) >= 11 is 0. The van der Waals surface area contributed by atoms with E-state index in [2.05, 4.69) is 17.6 Å². The third kappa shape index (κ3) is 4.14. The number of rotatable bonds is 3. The van der Waals surface area contributed by atoms with E-state index < -0.39 is 0 Å². The highest BCUT2D eigenvalue weighted by molar-refractivity contribution is 6.04. The third-order valence-corrected chi connectivity index (χ3v) is 5.56. The first-order chi connectivity index (χ1) is 12.1. The largest absolute Gasteiger partial charge is 0.339 e. The van der Waals surface area contributed by atoms with Gasteiger partial charge in [-0.1, -0.05) is 31.9 Å². The average molecular weight is 343 g/mol. The standard InChI is InChI=1S/C20H29N3O2/c1-14-8-3-4-11-17(14)21-20(25)22-18-15(2)9-7-10-16(18)19(24)23-12-5-6-13-23/h7,9-10,14,17H,3-6,8,11-13H2,1-2H3,(H2,21,22,25). The fourth-order valence-corrected chi connectivity index (χ4v) is 3.95. The van der Waals surface area contributed by atoms with Gasteiger partial charge in [0.15, 0.2) is 0 Å². The monoisotopic (exact) mass is 343 g/mol. The Balaban J connectivity index is 1.72. The molecule has 1 aromatic carbocycles. The molecule has 2 atom stereocenters. The van der Waals surface area contributed by atoms with Gasteiger partial charge < -0.3 is 15.5 Å². The van der Waals surface area contributed by atoms with Gasteiger partial charge in [0.25, 0.3) is 5.91 Å². The lowest BCUT2D eigenvalue weighted by atomic mass is 9.86. The molecule has 1 heterocycles. The summed E-state index contributed by atoms with van der Waals surface area (Å²) in [5.41, 5.74) is 2.14. The molecule has 2 N–H and O–H groups in total. The fraction of sp³-hybridized carbons (Fsp3) is 0.600. The van der Waals surface area contributed by atoms with Crippen LogP contribution < -0.4 is 10.6 Å². The van der Waals surface area contributed by atoms with E-state index in [-0.39, 0.29) is 18.0 Å². The average Bonchev–Trinajstić information content (AvgIpc) is 3.13. The van der Waals surface area contributed by atoms with Crippen molar-refractivity contribution in [3.05, 3.63) is 29.3 Å². The highest BCUT2D eigenvalue weighted by atomic mass is 16.2. The van der Waals surface area contributed by atoms with Crippen molar-refractivity contribution < 1.29 is 9.59 Å². The van der Waals surface area contributed by atoms with Gasteiger partial charge in [-0.25, -0.2) is 4.79 Å². The van der Waals surface area contributed by atoms with Crippen molar-refractivity contribution in [3.63, 3.8) is 0 Å². The molecule has 0 spiro atoms. The lowest BCUT2D eigenvalue weighted by Gasteiger charge is -2.29. The van der Waals surface area contributed by atoms with Gasteiger partial charge in [-0.05, 0) is 50.2 Å². The summed E-state index contributed by atoms with van der Waals surface area (Å²) < 4.78 is 0. The Bertz CT molecular complexity index is 638. The molecule has 3 rings (SSSR count). The van der Waals surface area contributed by atoms with E-state index in [0.29, 0.717) is 17.2 Å². The Morgan fingerprint density at radius 2 is 1.80 bits per heavy atom. The molecule has 0 bridgehead atoms. The quantitative estimate of drug-likeness (QED) is 0.873.